The second kappa shape index (κ2) is 5.71. The van der Waals surface area contributed by atoms with Gasteiger partial charge in [-0.1, -0.05) is 24.3 Å². The third-order valence-electron chi connectivity index (χ3n) is 4.09. The molecule has 104 valence electrons. The maximum atomic E-state index is 12.9. The average Bonchev–Trinajstić information content (AvgIpc) is 2.48. The van der Waals surface area contributed by atoms with Crippen molar-refractivity contribution in [2.75, 3.05) is 0 Å². The Bertz CT molecular complexity index is 582. The monoisotopic (exact) mass is 271 g/mol. The normalized spacial score (nSPS) is 19.4. The van der Waals surface area contributed by atoms with Crippen molar-refractivity contribution in [2.24, 2.45) is 0 Å². The molecule has 0 amide bonds. The molecule has 20 heavy (non-hydrogen) atoms. The van der Waals surface area contributed by atoms with Gasteiger partial charge in [-0.05, 0) is 54.9 Å². The van der Waals surface area contributed by atoms with Crippen LogP contribution in [0, 0.1) is 5.82 Å². The first-order chi connectivity index (χ1) is 9.74. The Hall–Kier alpha value is -1.74. The summed E-state index contributed by atoms with van der Waals surface area (Å²) in [5.41, 5.74) is 3.29. The van der Waals surface area contributed by atoms with Crippen LogP contribution in [-0.2, 0) is 6.42 Å². The SMILES string of the molecule is OC(CC1CCCc2ccccc21)c1ccc(F)cn1. The summed E-state index contributed by atoms with van der Waals surface area (Å²) in [7, 11) is 0. The van der Waals surface area contributed by atoms with Crippen LogP contribution in [0.4, 0.5) is 4.39 Å². The van der Waals surface area contributed by atoms with Gasteiger partial charge in [0.1, 0.15) is 5.82 Å². The molecule has 1 aromatic heterocycles. The van der Waals surface area contributed by atoms with Gasteiger partial charge in [0.2, 0.25) is 0 Å². The van der Waals surface area contributed by atoms with Gasteiger partial charge in [0, 0.05) is 0 Å². The smallest absolute Gasteiger partial charge is 0.141 e. The van der Waals surface area contributed by atoms with Crippen LogP contribution in [0.3, 0.4) is 0 Å². The van der Waals surface area contributed by atoms with E-state index in [0.29, 0.717) is 18.0 Å². The Kier molecular flexibility index (Phi) is 3.79. The minimum atomic E-state index is -0.633. The molecule has 0 saturated heterocycles. The number of pyridine rings is 1. The van der Waals surface area contributed by atoms with Gasteiger partial charge in [-0.15, -0.1) is 0 Å². The number of aryl methyl sites for hydroxylation is 1. The van der Waals surface area contributed by atoms with Gasteiger partial charge in [0.05, 0.1) is 18.0 Å². The summed E-state index contributed by atoms with van der Waals surface area (Å²) in [6.45, 7) is 0. The second-order valence-corrected chi connectivity index (χ2v) is 5.44. The van der Waals surface area contributed by atoms with Gasteiger partial charge < -0.3 is 5.11 Å². The quantitative estimate of drug-likeness (QED) is 0.922. The molecule has 0 bridgehead atoms. The van der Waals surface area contributed by atoms with Gasteiger partial charge in [-0.2, -0.15) is 0 Å². The van der Waals surface area contributed by atoms with Crippen LogP contribution >= 0.6 is 0 Å². The van der Waals surface area contributed by atoms with Crippen molar-refractivity contribution in [2.45, 2.75) is 37.7 Å². The van der Waals surface area contributed by atoms with Crippen molar-refractivity contribution in [1.29, 1.82) is 0 Å². The number of aliphatic hydroxyl groups is 1. The fraction of sp³-hybridized carbons (Fsp3) is 0.353. The lowest BCUT2D eigenvalue weighted by atomic mass is 9.79. The first-order valence-corrected chi connectivity index (χ1v) is 7.11. The molecule has 2 aromatic rings. The second-order valence-electron chi connectivity index (χ2n) is 5.44. The third-order valence-corrected chi connectivity index (χ3v) is 4.09. The summed E-state index contributed by atoms with van der Waals surface area (Å²) in [4.78, 5) is 3.97. The van der Waals surface area contributed by atoms with Crippen LogP contribution in [0.1, 0.15) is 48.1 Å². The lowest BCUT2D eigenvalue weighted by Crippen LogP contribution is -2.13. The highest BCUT2D eigenvalue weighted by Crippen LogP contribution is 2.37. The number of aromatic nitrogens is 1. The van der Waals surface area contributed by atoms with Crippen LogP contribution < -0.4 is 0 Å². The molecule has 3 rings (SSSR count). The Labute approximate surface area is 118 Å². The molecule has 0 aliphatic heterocycles. The predicted molar refractivity (Wildman–Crippen MR) is 75.9 cm³/mol. The first kappa shape index (κ1) is 13.3. The Morgan fingerprint density at radius 1 is 1.25 bits per heavy atom. The Morgan fingerprint density at radius 3 is 2.90 bits per heavy atom. The molecule has 0 saturated carbocycles. The number of halogens is 1. The summed E-state index contributed by atoms with van der Waals surface area (Å²) in [5.74, 6) is -0.00855. The summed E-state index contributed by atoms with van der Waals surface area (Å²) in [5, 5.41) is 10.3. The lowest BCUT2D eigenvalue weighted by molar-refractivity contribution is 0.149. The van der Waals surface area contributed by atoms with Crippen molar-refractivity contribution in [3.8, 4) is 0 Å². The van der Waals surface area contributed by atoms with Crippen LogP contribution in [0.2, 0.25) is 0 Å². The van der Waals surface area contributed by atoms with Crippen molar-refractivity contribution < 1.29 is 9.50 Å². The van der Waals surface area contributed by atoms with Crippen molar-refractivity contribution in [3.63, 3.8) is 0 Å². The molecule has 2 nitrogen and oxygen atoms in total. The number of hydrogen-bond acceptors (Lipinski definition) is 2. The van der Waals surface area contributed by atoms with Gasteiger partial charge >= 0.3 is 0 Å². The molecule has 1 aliphatic carbocycles. The maximum Gasteiger partial charge on any atom is 0.141 e. The van der Waals surface area contributed by atoms with E-state index in [4.69, 9.17) is 0 Å². The molecule has 0 spiro atoms. The molecule has 1 aliphatic rings. The third kappa shape index (κ3) is 2.73. The van der Waals surface area contributed by atoms with Crippen LogP contribution in [0.25, 0.3) is 0 Å². The molecule has 1 aromatic carbocycles. The zero-order valence-electron chi connectivity index (χ0n) is 11.3. The topological polar surface area (TPSA) is 33.1 Å². The number of aliphatic hydroxyl groups excluding tert-OH is 1. The maximum absolute atomic E-state index is 12.9. The highest BCUT2D eigenvalue weighted by Gasteiger charge is 2.23. The fourth-order valence-electron chi connectivity index (χ4n) is 3.07. The molecule has 0 fully saturated rings. The molecule has 1 N–H and O–H groups in total. The van der Waals surface area contributed by atoms with Crippen molar-refractivity contribution in [1.82, 2.24) is 4.98 Å². The summed E-state index contributed by atoms with van der Waals surface area (Å²) < 4.78 is 12.9. The number of hydrogen-bond donors (Lipinski definition) is 1. The standard InChI is InChI=1S/C17H18FNO/c18-14-8-9-16(19-11-14)17(20)10-13-6-3-5-12-4-1-2-7-15(12)13/h1-2,4,7-9,11,13,17,20H,3,5-6,10H2. The van der Waals surface area contributed by atoms with Crippen molar-refractivity contribution >= 4 is 0 Å². The molecule has 2 atom stereocenters. The van der Waals surface area contributed by atoms with Gasteiger partial charge in [0.15, 0.2) is 0 Å². The lowest BCUT2D eigenvalue weighted by Gasteiger charge is -2.27. The molecular weight excluding hydrogens is 253 g/mol. The zero-order valence-corrected chi connectivity index (χ0v) is 11.3. The summed E-state index contributed by atoms with van der Waals surface area (Å²) >= 11 is 0. The zero-order chi connectivity index (χ0) is 13.9. The van der Waals surface area contributed by atoms with E-state index >= 15 is 0 Å². The minimum absolute atomic E-state index is 0.363. The molecule has 3 heteroatoms. The summed E-state index contributed by atoms with van der Waals surface area (Å²) in [6.07, 6.45) is 4.55. The molecule has 0 radical (unpaired) electrons. The highest BCUT2D eigenvalue weighted by molar-refractivity contribution is 5.32. The molecular formula is C17H18FNO. The molecule has 1 heterocycles. The Balaban J connectivity index is 1.77. The molecule has 2 unspecified atom stereocenters. The van der Waals surface area contributed by atoms with E-state index < -0.39 is 6.10 Å². The van der Waals surface area contributed by atoms with E-state index in [1.54, 1.807) is 6.07 Å². The van der Waals surface area contributed by atoms with Crippen LogP contribution in [0.15, 0.2) is 42.6 Å². The fourth-order valence-corrected chi connectivity index (χ4v) is 3.07. The van der Waals surface area contributed by atoms with Crippen LogP contribution in [-0.4, -0.2) is 10.1 Å². The van der Waals surface area contributed by atoms with Crippen LogP contribution in [0.5, 0.6) is 0 Å². The highest BCUT2D eigenvalue weighted by atomic mass is 19.1. The van der Waals surface area contributed by atoms with Gasteiger partial charge in [-0.3, -0.25) is 4.98 Å². The van der Waals surface area contributed by atoms with Gasteiger partial charge in [-0.25, -0.2) is 4.39 Å². The number of benzene rings is 1. The van der Waals surface area contributed by atoms with E-state index in [1.165, 1.54) is 17.2 Å². The van der Waals surface area contributed by atoms with Crippen molar-refractivity contribution in [3.05, 3.63) is 65.2 Å². The van der Waals surface area contributed by atoms with E-state index in [9.17, 15) is 9.50 Å². The van der Waals surface area contributed by atoms with E-state index in [0.717, 1.165) is 25.5 Å². The van der Waals surface area contributed by atoms with E-state index in [1.807, 2.05) is 0 Å². The number of fused-ring (bicyclic) bond motifs is 1. The van der Waals surface area contributed by atoms with E-state index in [-0.39, 0.29) is 5.82 Å². The number of nitrogens with zero attached hydrogens (tertiary/aromatic N) is 1. The number of rotatable bonds is 3. The van der Waals surface area contributed by atoms with E-state index in [2.05, 4.69) is 29.2 Å². The van der Waals surface area contributed by atoms with Gasteiger partial charge in [0.25, 0.3) is 0 Å². The average molecular weight is 271 g/mol. The minimum Gasteiger partial charge on any atom is -0.387 e. The largest absolute Gasteiger partial charge is 0.387 e. The predicted octanol–water partition coefficient (Wildman–Crippen LogP) is 3.76. The first-order valence-electron chi connectivity index (χ1n) is 7.11. The Morgan fingerprint density at radius 2 is 2.10 bits per heavy atom. The summed E-state index contributed by atoms with van der Waals surface area (Å²) in [6, 6.07) is 11.4.